The molecule has 0 fully saturated rings. The summed E-state index contributed by atoms with van der Waals surface area (Å²) >= 11 is 0. The van der Waals surface area contributed by atoms with Crippen LogP contribution in [-0.4, -0.2) is 0 Å². The zero-order valence-corrected chi connectivity index (χ0v) is 29.9. The first-order valence-corrected chi connectivity index (χ1v) is 18.4. The van der Waals surface area contributed by atoms with Crippen LogP contribution in [0.25, 0.3) is 87.6 Å². The zero-order chi connectivity index (χ0) is 44.8. The van der Waals surface area contributed by atoms with Crippen molar-refractivity contribution in [2.45, 2.75) is 0 Å². The van der Waals surface area contributed by atoms with Crippen molar-refractivity contribution < 1.29 is 16.8 Å². The van der Waals surface area contributed by atoms with Crippen LogP contribution in [0.15, 0.2) is 217 Å². The molecule has 10 aromatic carbocycles. The first-order chi connectivity index (χ1) is 31.5. The van der Waals surface area contributed by atoms with E-state index in [1.165, 1.54) is 0 Å². The van der Waals surface area contributed by atoms with Gasteiger partial charge >= 0.3 is 0 Å². The molecule has 0 aliphatic heterocycles. The Bertz CT molecular complexity index is 3730. The van der Waals surface area contributed by atoms with E-state index < -0.39 is 18.1 Å². The maximum atomic E-state index is 9.63. The predicted octanol–water partition coefficient (Wildman–Crippen LogP) is 15.5. The quantitative estimate of drug-likeness (QED) is 0.159. The van der Waals surface area contributed by atoms with Crippen LogP contribution in [-0.2, 0) is 0 Å². The molecule has 2 heteroatoms. The number of fused-ring (bicyclic) bond motifs is 8. The van der Waals surface area contributed by atoms with Crippen molar-refractivity contribution in [1.82, 2.24) is 0 Å². The highest BCUT2D eigenvalue weighted by Crippen LogP contribution is 2.41. The van der Waals surface area contributed by atoms with Gasteiger partial charge in [0.2, 0.25) is 0 Å². The number of hydrogen-bond donors (Lipinski definition) is 0. The lowest BCUT2D eigenvalue weighted by Crippen LogP contribution is -2.10. The largest absolute Gasteiger partial charge is 0.456 e. The van der Waals surface area contributed by atoms with E-state index >= 15 is 0 Å². The first-order valence-electron chi connectivity index (χ1n) is 22.9. The summed E-state index contributed by atoms with van der Waals surface area (Å²) < 4.78 is 86.7. The second-order valence-electron chi connectivity index (χ2n) is 13.8. The topological polar surface area (TPSA) is 16.4 Å². The second kappa shape index (κ2) is 13.2. The molecule has 0 spiro atoms. The lowest BCUT2D eigenvalue weighted by molar-refractivity contribution is 0.669. The monoisotopic (exact) mass is 722 g/mol. The van der Waals surface area contributed by atoms with E-state index in [2.05, 4.69) is 30.3 Å². The van der Waals surface area contributed by atoms with E-state index in [0.717, 1.165) is 65.4 Å². The Morgan fingerprint density at radius 1 is 0.357 bits per heavy atom. The van der Waals surface area contributed by atoms with Gasteiger partial charge in [0.15, 0.2) is 0 Å². The van der Waals surface area contributed by atoms with Crippen molar-refractivity contribution in [3.8, 4) is 33.4 Å². The third kappa shape index (κ3) is 5.42. The highest BCUT2D eigenvalue weighted by atomic mass is 16.3. The van der Waals surface area contributed by atoms with Crippen LogP contribution in [0.5, 0.6) is 0 Å². The number of benzene rings is 10. The van der Waals surface area contributed by atoms with E-state index in [1.807, 2.05) is 103 Å². The molecule has 0 atom stereocenters. The van der Waals surface area contributed by atoms with Crippen molar-refractivity contribution in [2.24, 2.45) is 0 Å². The number of hydrogen-bond acceptors (Lipinski definition) is 2. The fourth-order valence-electron chi connectivity index (χ4n) is 7.96. The number of nitrogens with zero attached hydrogens (tertiary/aromatic N) is 1. The van der Waals surface area contributed by atoms with E-state index in [1.54, 1.807) is 29.2 Å². The minimum Gasteiger partial charge on any atom is -0.456 e. The minimum atomic E-state index is -0.501. The Hall–Kier alpha value is -7.42. The maximum Gasteiger partial charge on any atom is 0.136 e. The average Bonchev–Trinajstić information content (AvgIpc) is 3.73. The van der Waals surface area contributed by atoms with Gasteiger partial charge in [-0.15, -0.1) is 0 Å². The summed E-state index contributed by atoms with van der Waals surface area (Å²) in [6.07, 6.45) is 0. The van der Waals surface area contributed by atoms with Crippen molar-refractivity contribution in [3.05, 3.63) is 212 Å². The lowest BCUT2D eigenvalue weighted by Gasteiger charge is -2.26. The number of anilines is 3. The molecule has 0 radical (unpaired) electrons. The average molecular weight is 723 g/mol. The van der Waals surface area contributed by atoms with Gasteiger partial charge < -0.3 is 9.32 Å². The van der Waals surface area contributed by atoms with Crippen molar-refractivity contribution in [2.75, 3.05) is 4.90 Å². The fraction of sp³-hybridized carbons (Fsp3) is 0. The van der Waals surface area contributed by atoms with E-state index in [-0.39, 0.29) is 53.1 Å². The summed E-state index contributed by atoms with van der Waals surface area (Å²) in [5.41, 5.74) is 5.36. The molecule has 11 aromatic rings. The molecule has 0 aliphatic rings. The molecule has 0 bridgehead atoms. The van der Waals surface area contributed by atoms with Gasteiger partial charge in [-0.3, -0.25) is 0 Å². The number of rotatable bonds is 6. The molecule has 0 amide bonds. The van der Waals surface area contributed by atoms with Crippen LogP contribution < -0.4 is 4.90 Å². The third-order valence-corrected chi connectivity index (χ3v) is 10.6. The number of furan rings is 1. The van der Waals surface area contributed by atoms with Crippen molar-refractivity contribution >= 4 is 71.3 Å². The molecular weight excluding hydrogens is 679 g/mol. The molecule has 0 aliphatic carbocycles. The van der Waals surface area contributed by atoms with Crippen LogP contribution in [0.4, 0.5) is 17.1 Å². The lowest BCUT2D eigenvalue weighted by atomic mass is 9.93. The summed E-state index contributed by atoms with van der Waals surface area (Å²) in [7, 11) is 0. The zero-order valence-electron chi connectivity index (χ0n) is 38.9. The summed E-state index contributed by atoms with van der Waals surface area (Å²) in [6, 6.07) is 47.2. The highest BCUT2D eigenvalue weighted by molar-refractivity contribution is 6.19. The molecule has 56 heavy (non-hydrogen) atoms. The Morgan fingerprint density at radius 2 is 1.04 bits per heavy atom. The smallest absolute Gasteiger partial charge is 0.136 e. The standard InChI is InChI=1S/C54H35NO/c1-2-11-36(12-3-1)39-14-10-15-45(34-39)55(44-29-23-38(24-30-44)51-35-41-13-4-5-16-46(41)48-17-6-7-18-49(48)51)43-27-21-37(22-28-43)40-25-31-47-42(33-40)26-32-53-54(47)50-19-8-9-20-52(50)56-53/h1-35H/i1D,2D,3D,11D,12D,21D,22D,27D,28D. The molecule has 0 saturated heterocycles. The molecule has 1 heterocycles. The van der Waals surface area contributed by atoms with Crippen LogP contribution in [0.2, 0.25) is 0 Å². The Morgan fingerprint density at radius 3 is 1.88 bits per heavy atom. The Kier molecular flexibility index (Phi) is 5.66. The molecule has 2 nitrogen and oxygen atoms in total. The van der Waals surface area contributed by atoms with E-state index in [9.17, 15) is 5.48 Å². The summed E-state index contributed by atoms with van der Waals surface area (Å²) in [5, 5.41) is 8.16. The highest BCUT2D eigenvalue weighted by Gasteiger charge is 2.16. The summed E-state index contributed by atoms with van der Waals surface area (Å²) in [5.74, 6) is 0. The maximum absolute atomic E-state index is 9.63. The molecule has 11 rings (SSSR count). The normalized spacial score (nSPS) is 13.8. The van der Waals surface area contributed by atoms with Crippen molar-refractivity contribution in [1.29, 1.82) is 0 Å². The third-order valence-electron chi connectivity index (χ3n) is 10.6. The van der Waals surface area contributed by atoms with E-state index in [0.29, 0.717) is 22.5 Å². The van der Waals surface area contributed by atoms with Crippen molar-refractivity contribution in [3.63, 3.8) is 0 Å². The number of para-hydroxylation sites is 1. The molecular formula is C54H35NO. The van der Waals surface area contributed by atoms with Gasteiger partial charge in [-0.05, 0) is 126 Å². The van der Waals surface area contributed by atoms with Gasteiger partial charge in [0, 0.05) is 27.8 Å². The first kappa shape index (κ1) is 24.1. The molecule has 1 aromatic heterocycles. The van der Waals surface area contributed by atoms with Gasteiger partial charge in [-0.2, -0.15) is 0 Å². The summed E-state index contributed by atoms with van der Waals surface area (Å²) in [6.45, 7) is 0. The van der Waals surface area contributed by atoms with Crippen LogP contribution >= 0.6 is 0 Å². The fourth-order valence-corrected chi connectivity index (χ4v) is 7.96. The molecule has 0 saturated carbocycles. The minimum absolute atomic E-state index is 0.00299. The Balaban J connectivity index is 1.09. The van der Waals surface area contributed by atoms with Gasteiger partial charge in [-0.25, -0.2) is 0 Å². The van der Waals surface area contributed by atoms with Gasteiger partial charge in [0.1, 0.15) is 11.2 Å². The van der Waals surface area contributed by atoms with Crippen LogP contribution in [0.1, 0.15) is 12.3 Å². The van der Waals surface area contributed by atoms with E-state index in [4.69, 9.17) is 11.3 Å². The van der Waals surface area contributed by atoms with Gasteiger partial charge in [0.25, 0.3) is 0 Å². The molecule has 0 N–H and O–H groups in total. The SMILES string of the molecule is [2H]c1c([2H])c([2H])c(-c2cccc(N(c3ccc(-c4cc5ccccc5c5ccccc45)cc3)c3c([2H])c([2H])c(-c4ccc5c(ccc6oc7ccccc7c65)c4)c([2H])c3[2H])c2)c([2H])c1[2H]. The van der Waals surface area contributed by atoms with Crippen LogP contribution in [0, 0.1) is 0 Å². The predicted molar refractivity (Wildman–Crippen MR) is 237 cm³/mol. The van der Waals surface area contributed by atoms with Gasteiger partial charge in [0.05, 0.1) is 12.3 Å². The molecule has 0 unspecified atom stereocenters. The second-order valence-corrected chi connectivity index (χ2v) is 13.8. The van der Waals surface area contributed by atoms with Gasteiger partial charge in [-0.1, -0.05) is 151 Å². The Labute approximate surface area is 337 Å². The van der Waals surface area contributed by atoms with Crippen LogP contribution in [0.3, 0.4) is 0 Å². The molecule has 262 valence electrons. The summed E-state index contributed by atoms with van der Waals surface area (Å²) in [4.78, 5) is 1.65.